The molecule has 0 saturated heterocycles. The quantitative estimate of drug-likeness (QED) is 0.707. The number of aliphatic hydroxyl groups is 1. The lowest BCUT2D eigenvalue weighted by molar-refractivity contribution is 0.257. The molecule has 2 N–H and O–H groups in total. The maximum absolute atomic E-state index is 11.7. The van der Waals surface area contributed by atoms with Gasteiger partial charge in [-0.25, -0.2) is 0 Å². The number of hydrogen-bond acceptors (Lipinski definition) is 3. The Bertz CT molecular complexity index is 859. The predicted octanol–water partition coefficient (Wildman–Crippen LogP) is 3.21. The number of ether oxygens (including phenoxy) is 1. The van der Waals surface area contributed by atoms with E-state index >= 15 is 0 Å². The number of nitrogens with one attached hydrogen (secondary N) is 1. The Morgan fingerprint density at radius 3 is 2.61 bits per heavy atom. The van der Waals surface area contributed by atoms with Crippen LogP contribution in [0.2, 0.25) is 0 Å². The highest BCUT2D eigenvalue weighted by Gasteiger charge is 2.11. The SMILES string of the molecule is O=c1ccc2c(C[C@@H](O)Cl)ccc(OCc3ccccc3)c2[nH]1. The molecule has 118 valence electrons. The molecular weight excluding hydrogens is 314 g/mol. The fourth-order valence-corrected chi connectivity index (χ4v) is 2.67. The monoisotopic (exact) mass is 329 g/mol. The zero-order valence-corrected chi connectivity index (χ0v) is 13.1. The molecular formula is C18H16ClNO3. The van der Waals surface area contributed by atoms with Crippen molar-refractivity contribution >= 4 is 22.5 Å². The van der Waals surface area contributed by atoms with Crippen LogP contribution >= 0.6 is 11.6 Å². The molecule has 0 aliphatic rings. The molecule has 3 rings (SSSR count). The summed E-state index contributed by atoms with van der Waals surface area (Å²) in [5.74, 6) is 0.592. The molecule has 0 aliphatic heterocycles. The van der Waals surface area contributed by atoms with Crippen LogP contribution in [-0.2, 0) is 13.0 Å². The Kier molecular flexibility index (Phi) is 4.65. The summed E-state index contributed by atoms with van der Waals surface area (Å²) in [4.78, 5) is 14.5. The van der Waals surface area contributed by atoms with E-state index in [-0.39, 0.29) is 5.56 Å². The lowest BCUT2D eigenvalue weighted by Gasteiger charge is -2.13. The number of H-pyrrole nitrogens is 1. The Morgan fingerprint density at radius 1 is 1.09 bits per heavy atom. The molecule has 0 amide bonds. The third-order valence-corrected chi connectivity index (χ3v) is 3.73. The molecule has 4 nitrogen and oxygen atoms in total. The maximum Gasteiger partial charge on any atom is 0.248 e. The number of aliphatic hydroxyl groups excluding tert-OH is 1. The Labute approximate surface area is 138 Å². The second-order valence-corrected chi connectivity index (χ2v) is 5.75. The minimum Gasteiger partial charge on any atom is -0.487 e. The second kappa shape index (κ2) is 6.86. The van der Waals surface area contributed by atoms with Crippen molar-refractivity contribution in [3.05, 3.63) is 76.1 Å². The van der Waals surface area contributed by atoms with Crippen LogP contribution in [0, 0.1) is 0 Å². The second-order valence-electron chi connectivity index (χ2n) is 5.25. The van der Waals surface area contributed by atoms with Crippen molar-refractivity contribution in [3.63, 3.8) is 0 Å². The molecule has 1 aromatic heterocycles. The number of benzene rings is 2. The number of rotatable bonds is 5. The summed E-state index contributed by atoms with van der Waals surface area (Å²) < 4.78 is 5.85. The molecule has 0 fully saturated rings. The van der Waals surface area contributed by atoms with Crippen molar-refractivity contribution in [2.45, 2.75) is 18.6 Å². The Hall–Kier alpha value is -2.30. The van der Waals surface area contributed by atoms with Gasteiger partial charge in [-0.05, 0) is 23.3 Å². The largest absolute Gasteiger partial charge is 0.487 e. The van der Waals surface area contributed by atoms with E-state index < -0.39 is 5.56 Å². The average Bonchev–Trinajstić information content (AvgIpc) is 2.54. The van der Waals surface area contributed by atoms with E-state index in [0.717, 1.165) is 16.5 Å². The minimum atomic E-state index is -0.971. The summed E-state index contributed by atoms with van der Waals surface area (Å²) in [5.41, 5.74) is 1.33. The van der Waals surface area contributed by atoms with Crippen LogP contribution in [0.4, 0.5) is 0 Å². The van der Waals surface area contributed by atoms with Gasteiger partial charge in [0.1, 0.15) is 17.9 Å². The van der Waals surface area contributed by atoms with Crippen LogP contribution in [-0.4, -0.2) is 15.7 Å². The van der Waals surface area contributed by atoms with E-state index in [1.54, 1.807) is 12.1 Å². The van der Waals surface area contributed by atoms with Gasteiger partial charge in [0, 0.05) is 17.9 Å². The Morgan fingerprint density at radius 2 is 1.87 bits per heavy atom. The van der Waals surface area contributed by atoms with Gasteiger partial charge >= 0.3 is 0 Å². The molecule has 0 radical (unpaired) electrons. The van der Waals surface area contributed by atoms with Crippen molar-refractivity contribution in [3.8, 4) is 5.75 Å². The molecule has 0 saturated carbocycles. The van der Waals surface area contributed by atoms with Crippen LogP contribution < -0.4 is 10.3 Å². The molecule has 1 atom stereocenters. The van der Waals surface area contributed by atoms with E-state index in [1.807, 2.05) is 36.4 Å². The molecule has 0 bridgehead atoms. The number of hydrogen-bond donors (Lipinski definition) is 2. The maximum atomic E-state index is 11.7. The zero-order valence-electron chi connectivity index (χ0n) is 12.3. The van der Waals surface area contributed by atoms with Gasteiger partial charge < -0.3 is 14.8 Å². The van der Waals surface area contributed by atoms with Crippen LogP contribution in [0.15, 0.2) is 59.4 Å². The lowest BCUT2D eigenvalue weighted by Crippen LogP contribution is -2.08. The summed E-state index contributed by atoms with van der Waals surface area (Å²) >= 11 is 5.68. The highest BCUT2D eigenvalue weighted by Crippen LogP contribution is 2.27. The van der Waals surface area contributed by atoms with Gasteiger partial charge in [0.05, 0.1) is 5.52 Å². The third kappa shape index (κ3) is 3.73. The average molecular weight is 330 g/mol. The summed E-state index contributed by atoms with van der Waals surface area (Å²) in [6, 6.07) is 16.6. The third-order valence-electron chi connectivity index (χ3n) is 3.57. The first-order valence-electron chi connectivity index (χ1n) is 7.27. The van der Waals surface area contributed by atoms with Crippen molar-refractivity contribution in [1.82, 2.24) is 4.98 Å². The molecule has 3 aromatic rings. The molecule has 2 aromatic carbocycles. The smallest absolute Gasteiger partial charge is 0.248 e. The first-order chi connectivity index (χ1) is 11.1. The van der Waals surface area contributed by atoms with Crippen molar-refractivity contribution in [2.75, 3.05) is 0 Å². The fourth-order valence-electron chi connectivity index (χ4n) is 2.50. The van der Waals surface area contributed by atoms with Gasteiger partial charge in [-0.2, -0.15) is 0 Å². The summed E-state index contributed by atoms with van der Waals surface area (Å²) in [6.45, 7) is 0.407. The van der Waals surface area contributed by atoms with Gasteiger partial charge in [0.15, 0.2) is 0 Å². The minimum absolute atomic E-state index is 0.203. The van der Waals surface area contributed by atoms with Crippen LogP contribution in [0.3, 0.4) is 0 Å². The van der Waals surface area contributed by atoms with Crippen LogP contribution in [0.1, 0.15) is 11.1 Å². The molecule has 1 heterocycles. The van der Waals surface area contributed by atoms with Crippen LogP contribution in [0.5, 0.6) is 5.75 Å². The van der Waals surface area contributed by atoms with Crippen LogP contribution in [0.25, 0.3) is 10.9 Å². The van der Waals surface area contributed by atoms with Gasteiger partial charge in [-0.1, -0.05) is 48.0 Å². The number of aromatic amines is 1. The molecule has 0 unspecified atom stereocenters. The highest BCUT2D eigenvalue weighted by molar-refractivity contribution is 6.19. The highest BCUT2D eigenvalue weighted by atomic mass is 35.5. The fraction of sp³-hybridized carbons (Fsp3) is 0.167. The van der Waals surface area contributed by atoms with Gasteiger partial charge in [-0.15, -0.1) is 0 Å². The number of pyridine rings is 1. The molecule has 0 aliphatic carbocycles. The van der Waals surface area contributed by atoms with E-state index in [2.05, 4.69) is 4.98 Å². The summed E-state index contributed by atoms with van der Waals surface area (Å²) in [5, 5.41) is 10.2. The summed E-state index contributed by atoms with van der Waals surface area (Å²) in [7, 11) is 0. The van der Waals surface area contributed by atoms with Gasteiger partial charge in [-0.3, -0.25) is 4.79 Å². The van der Waals surface area contributed by atoms with Crippen molar-refractivity contribution in [2.24, 2.45) is 0 Å². The summed E-state index contributed by atoms with van der Waals surface area (Å²) in [6.07, 6.45) is 0.295. The normalized spacial score (nSPS) is 12.3. The molecule has 23 heavy (non-hydrogen) atoms. The van der Waals surface area contributed by atoms with Gasteiger partial charge in [0.25, 0.3) is 0 Å². The van der Waals surface area contributed by atoms with E-state index in [0.29, 0.717) is 24.3 Å². The first kappa shape index (κ1) is 15.6. The van der Waals surface area contributed by atoms with Crippen molar-refractivity contribution in [1.29, 1.82) is 0 Å². The number of halogens is 1. The lowest BCUT2D eigenvalue weighted by atomic mass is 10.1. The van der Waals surface area contributed by atoms with Gasteiger partial charge in [0.2, 0.25) is 5.56 Å². The predicted molar refractivity (Wildman–Crippen MR) is 90.9 cm³/mol. The zero-order chi connectivity index (χ0) is 16.2. The number of alkyl halides is 1. The number of aromatic nitrogens is 1. The molecule has 5 heteroatoms. The van der Waals surface area contributed by atoms with Crippen molar-refractivity contribution < 1.29 is 9.84 Å². The Balaban J connectivity index is 1.97. The number of fused-ring (bicyclic) bond motifs is 1. The topological polar surface area (TPSA) is 62.3 Å². The molecule has 0 spiro atoms. The standard InChI is InChI=1S/C18H16ClNO3/c19-16(21)10-13-6-8-15(18-14(13)7-9-17(22)20-18)23-11-12-4-2-1-3-5-12/h1-9,16,21H,10-11H2,(H,20,22)/t16-/m1/s1. The van der Waals surface area contributed by atoms with E-state index in [4.69, 9.17) is 16.3 Å². The van der Waals surface area contributed by atoms with E-state index in [9.17, 15) is 9.90 Å². The van der Waals surface area contributed by atoms with E-state index in [1.165, 1.54) is 6.07 Å². The first-order valence-corrected chi connectivity index (χ1v) is 7.71.